The van der Waals surface area contributed by atoms with Gasteiger partial charge in [0.25, 0.3) is 5.91 Å². The van der Waals surface area contributed by atoms with Gasteiger partial charge in [-0.15, -0.1) is 0 Å². The standard InChI is InChI=1S/C23H26N4O3/c28-22-12-11-21(24-27(22)19-7-3-1-4-8-19)23(29)26-15-13-25(14-16-26)17-18-30-20-9-5-2-6-10-20/h1-10H,11-18H2. The van der Waals surface area contributed by atoms with Crippen LogP contribution in [0.25, 0.3) is 0 Å². The summed E-state index contributed by atoms with van der Waals surface area (Å²) in [5.41, 5.74) is 1.15. The average molecular weight is 406 g/mol. The number of carbonyl (C=O) groups is 2. The van der Waals surface area contributed by atoms with E-state index in [4.69, 9.17) is 4.74 Å². The minimum atomic E-state index is -0.0824. The molecule has 0 unspecified atom stereocenters. The van der Waals surface area contributed by atoms with Gasteiger partial charge < -0.3 is 9.64 Å². The summed E-state index contributed by atoms with van der Waals surface area (Å²) in [5.74, 6) is 0.726. The topological polar surface area (TPSA) is 65.5 Å². The van der Waals surface area contributed by atoms with Gasteiger partial charge >= 0.3 is 0 Å². The number of para-hydroxylation sites is 2. The van der Waals surface area contributed by atoms with Gasteiger partial charge in [-0.25, -0.2) is 5.01 Å². The highest BCUT2D eigenvalue weighted by atomic mass is 16.5. The lowest BCUT2D eigenvalue weighted by Gasteiger charge is -2.35. The van der Waals surface area contributed by atoms with Crippen LogP contribution in [0.2, 0.25) is 0 Å². The highest BCUT2D eigenvalue weighted by Crippen LogP contribution is 2.20. The van der Waals surface area contributed by atoms with E-state index >= 15 is 0 Å². The Labute approximate surface area is 176 Å². The molecule has 156 valence electrons. The van der Waals surface area contributed by atoms with Crippen LogP contribution in [0.5, 0.6) is 5.75 Å². The van der Waals surface area contributed by atoms with Gasteiger partial charge in [-0.05, 0) is 24.3 Å². The first-order chi connectivity index (χ1) is 14.7. The molecule has 30 heavy (non-hydrogen) atoms. The number of rotatable bonds is 6. The number of anilines is 1. The van der Waals surface area contributed by atoms with Gasteiger partial charge in [-0.2, -0.15) is 5.10 Å². The molecule has 0 N–H and O–H groups in total. The second-order valence-corrected chi connectivity index (χ2v) is 7.38. The molecule has 4 rings (SSSR count). The zero-order valence-electron chi connectivity index (χ0n) is 16.9. The number of amides is 2. The Bertz CT molecular complexity index is 893. The van der Waals surface area contributed by atoms with E-state index in [1.54, 1.807) is 0 Å². The Morgan fingerprint density at radius 2 is 1.57 bits per heavy atom. The molecule has 2 aromatic carbocycles. The van der Waals surface area contributed by atoms with Gasteiger partial charge in [-0.1, -0.05) is 36.4 Å². The number of ether oxygens (including phenoxy) is 1. The number of nitrogens with zero attached hydrogens (tertiary/aromatic N) is 4. The van der Waals surface area contributed by atoms with Crippen molar-refractivity contribution in [2.24, 2.45) is 5.10 Å². The smallest absolute Gasteiger partial charge is 0.270 e. The molecule has 7 heteroatoms. The van der Waals surface area contributed by atoms with E-state index in [-0.39, 0.29) is 11.8 Å². The van der Waals surface area contributed by atoms with Crippen molar-refractivity contribution in [2.45, 2.75) is 12.8 Å². The molecule has 2 aromatic rings. The van der Waals surface area contributed by atoms with Crippen molar-refractivity contribution in [3.05, 3.63) is 60.7 Å². The Morgan fingerprint density at radius 1 is 0.900 bits per heavy atom. The van der Waals surface area contributed by atoms with Crippen LogP contribution in [0, 0.1) is 0 Å². The molecule has 0 atom stereocenters. The van der Waals surface area contributed by atoms with E-state index < -0.39 is 0 Å². The Balaban J connectivity index is 1.29. The maximum atomic E-state index is 13.0. The van der Waals surface area contributed by atoms with Gasteiger partial charge in [0.15, 0.2) is 0 Å². The van der Waals surface area contributed by atoms with Crippen LogP contribution < -0.4 is 9.75 Å². The van der Waals surface area contributed by atoms with Crippen molar-refractivity contribution < 1.29 is 14.3 Å². The fraction of sp³-hybridized carbons (Fsp3) is 0.348. The summed E-state index contributed by atoms with van der Waals surface area (Å²) < 4.78 is 5.76. The first-order valence-corrected chi connectivity index (χ1v) is 10.4. The Kier molecular flexibility index (Phi) is 6.39. The second-order valence-electron chi connectivity index (χ2n) is 7.38. The number of carbonyl (C=O) groups excluding carboxylic acids is 2. The third-order valence-corrected chi connectivity index (χ3v) is 5.36. The molecule has 0 bridgehead atoms. The molecule has 0 spiro atoms. The summed E-state index contributed by atoms with van der Waals surface area (Å²) in [6.07, 6.45) is 0.697. The van der Waals surface area contributed by atoms with Crippen molar-refractivity contribution >= 4 is 23.2 Å². The molecule has 2 aliphatic heterocycles. The van der Waals surface area contributed by atoms with E-state index in [9.17, 15) is 9.59 Å². The van der Waals surface area contributed by atoms with Crippen LogP contribution in [-0.4, -0.2) is 66.7 Å². The van der Waals surface area contributed by atoms with Crippen molar-refractivity contribution in [3.8, 4) is 5.75 Å². The lowest BCUT2D eigenvalue weighted by molar-refractivity contribution is -0.126. The van der Waals surface area contributed by atoms with Crippen molar-refractivity contribution in [1.29, 1.82) is 0 Å². The molecule has 2 heterocycles. The fourth-order valence-corrected chi connectivity index (χ4v) is 3.64. The molecule has 0 aliphatic carbocycles. The predicted molar refractivity (Wildman–Crippen MR) is 116 cm³/mol. The molecule has 0 radical (unpaired) electrons. The Hall–Kier alpha value is -3.19. The van der Waals surface area contributed by atoms with Crippen LogP contribution >= 0.6 is 0 Å². The predicted octanol–water partition coefficient (Wildman–Crippen LogP) is 2.39. The highest BCUT2D eigenvalue weighted by molar-refractivity contribution is 6.40. The van der Waals surface area contributed by atoms with Crippen molar-refractivity contribution in [3.63, 3.8) is 0 Å². The first kappa shape index (κ1) is 20.1. The minimum Gasteiger partial charge on any atom is -0.492 e. The maximum Gasteiger partial charge on any atom is 0.270 e. The van der Waals surface area contributed by atoms with Gasteiger partial charge in [0.05, 0.1) is 5.69 Å². The maximum absolute atomic E-state index is 13.0. The molecule has 2 amide bonds. The van der Waals surface area contributed by atoms with Crippen molar-refractivity contribution in [2.75, 3.05) is 44.3 Å². The van der Waals surface area contributed by atoms with Crippen LogP contribution in [-0.2, 0) is 9.59 Å². The normalized spacial score (nSPS) is 17.6. The summed E-state index contributed by atoms with van der Waals surface area (Å²) in [6.45, 7) is 4.37. The largest absolute Gasteiger partial charge is 0.492 e. The molecule has 0 aromatic heterocycles. The lowest BCUT2D eigenvalue weighted by atomic mass is 10.1. The number of benzene rings is 2. The SMILES string of the molecule is O=C(C1=NN(c2ccccc2)C(=O)CC1)N1CCN(CCOc2ccccc2)CC1. The Morgan fingerprint density at radius 3 is 2.27 bits per heavy atom. The molecule has 1 fully saturated rings. The van der Waals surface area contributed by atoms with E-state index in [1.165, 1.54) is 5.01 Å². The summed E-state index contributed by atoms with van der Waals surface area (Å²) in [7, 11) is 0. The highest BCUT2D eigenvalue weighted by Gasteiger charge is 2.30. The number of hydrazone groups is 1. The molecule has 0 saturated carbocycles. The first-order valence-electron chi connectivity index (χ1n) is 10.4. The number of hydrogen-bond acceptors (Lipinski definition) is 5. The number of hydrogen-bond donors (Lipinski definition) is 0. The third kappa shape index (κ3) is 4.86. The van der Waals surface area contributed by atoms with E-state index in [2.05, 4.69) is 10.0 Å². The lowest BCUT2D eigenvalue weighted by Crippen LogP contribution is -2.52. The molecule has 1 saturated heterocycles. The third-order valence-electron chi connectivity index (χ3n) is 5.36. The zero-order chi connectivity index (χ0) is 20.8. The minimum absolute atomic E-state index is 0.0661. The summed E-state index contributed by atoms with van der Waals surface area (Å²) >= 11 is 0. The number of piperazine rings is 1. The van der Waals surface area contributed by atoms with Gasteiger partial charge in [-0.3, -0.25) is 14.5 Å². The van der Waals surface area contributed by atoms with Crippen LogP contribution in [0.1, 0.15) is 12.8 Å². The average Bonchev–Trinajstić information content (AvgIpc) is 2.81. The quantitative estimate of drug-likeness (QED) is 0.739. The van der Waals surface area contributed by atoms with Crippen LogP contribution in [0.3, 0.4) is 0 Å². The van der Waals surface area contributed by atoms with Crippen LogP contribution in [0.15, 0.2) is 65.8 Å². The summed E-state index contributed by atoms with van der Waals surface area (Å²) in [4.78, 5) is 29.4. The second kappa shape index (κ2) is 9.54. The van der Waals surface area contributed by atoms with E-state index in [0.717, 1.165) is 25.4 Å². The molecule has 7 nitrogen and oxygen atoms in total. The van der Waals surface area contributed by atoms with Gasteiger partial charge in [0.1, 0.15) is 18.1 Å². The monoisotopic (exact) mass is 406 g/mol. The molecular formula is C23H26N4O3. The molecular weight excluding hydrogens is 380 g/mol. The summed E-state index contributed by atoms with van der Waals surface area (Å²) in [5, 5.41) is 5.74. The van der Waals surface area contributed by atoms with Gasteiger partial charge in [0.2, 0.25) is 5.91 Å². The van der Waals surface area contributed by atoms with Gasteiger partial charge in [0, 0.05) is 45.6 Å². The van der Waals surface area contributed by atoms with Crippen molar-refractivity contribution in [1.82, 2.24) is 9.80 Å². The van der Waals surface area contributed by atoms with E-state index in [1.807, 2.05) is 65.6 Å². The van der Waals surface area contributed by atoms with E-state index in [0.29, 0.717) is 43.9 Å². The van der Waals surface area contributed by atoms with Crippen LogP contribution in [0.4, 0.5) is 5.69 Å². The molecule has 2 aliphatic rings. The zero-order valence-corrected chi connectivity index (χ0v) is 16.9. The fourth-order valence-electron chi connectivity index (χ4n) is 3.64. The summed E-state index contributed by atoms with van der Waals surface area (Å²) in [6, 6.07) is 19.0.